The quantitative estimate of drug-likeness (QED) is 0.279. The summed E-state index contributed by atoms with van der Waals surface area (Å²) in [5.41, 5.74) is 0.338. The Balaban J connectivity index is 3.91. The Morgan fingerprint density at radius 1 is 1.69 bits per heavy atom. The highest BCUT2D eigenvalue weighted by Crippen LogP contribution is 1.99. The van der Waals surface area contributed by atoms with E-state index in [9.17, 15) is 9.59 Å². The second kappa shape index (κ2) is 6.14. The molecular formula is C9H13NO3. The van der Waals surface area contributed by atoms with E-state index in [2.05, 4.69) is 11.6 Å². The fourth-order valence-electron chi connectivity index (χ4n) is 0.616. The van der Waals surface area contributed by atoms with Crippen LogP contribution >= 0.6 is 0 Å². The van der Waals surface area contributed by atoms with Crippen LogP contribution in [-0.4, -0.2) is 24.7 Å². The number of hydrogen-bond acceptors (Lipinski definition) is 4. The van der Waals surface area contributed by atoms with Crippen LogP contribution in [0.1, 0.15) is 20.3 Å². The number of hydrogen-bond donors (Lipinski definition) is 0. The number of ether oxygens (including phenoxy) is 1. The van der Waals surface area contributed by atoms with Crippen LogP contribution in [0.2, 0.25) is 0 Å². The lowest BCUT2D eigenvalue weighted by Gasteiger charge is -2.08. The highest BCUT2D eigenvalue weighted by Gasteiger charge is 2.08. The molecule has 0 bridgehead atoms. The van der Waals surface area contributed by atoms with Crippen molar-refractivity contribution in [2.24, 2.45) is 4.99 Å². The molecule has 0 N–H and O–H groups in total. The van der Waals surface area contributed by atoms with Crippen LogP contribution in [0.5, 0.6) is 0 Å². The van der Waals surface area contributed by atoms with Crippen LogP contribution in [0.3, 0.4) is 0 Å². The fraction of sp³-hybridized carbons (Fsp3) is 0.556. The predicted molar refractivity (Wildman–Crippen MR) is 48.0 cm³/mol. The van der Waals surface area contributed by atoms with Gasteiger partial charge in [-0.3, -0.25) is 0 Å². The van der Waals surface area contributed by atoms with Gasteiger partial charge in [-0.2, -0.15) is 4.99 Å². The van der Waals surface area contributed by atoms with Gasteiger partial charge in [0.05, 0.1) is 6.04 Å². The Hall–Kier alpha value is -1.41. The number of aliphatic imine (C=N–C) groups is 1. The van der Waals surface area contributed by atoms with E-state index in [-0.39, 0.29) is 12.6 Å². The second-order valence-electron chi connectivity index (χ2n) is 2.66. The largest absolute Gasteiger partial charge is 0.460 e. The third kappa shape index (κ3) is 4.93. The molecule has 13 heavy (non-hydrogen) atoms. The Morgan fingerprint density at radius 2 is 2.31 bits per heavy atom. The van der Waals surface area contributed by atoms with E-state index in [1.54, 1.807) is 6.92 Å². The first kappa shape index (κ1) is 11.6. The van der Waals surface area contributed by atoms with Crippen LogP contribution in [0, 0.1) is 0 Å². The third-order valence-corrected chi connectivity index (χ3v) is 1.46. The molecule has 0 rings (SSSR count). The maximum Gasteiger partial charge on any atom is 0.333 e. The maximum absolute atomic E-state index is 10.9. The highest BCUT2D eigenvalue weighted by molar-refractivity contribution is 5.86. The third-order valence-electron chi connectivity index (χ3n) is 1.46. The summed E-state index contributed by atoms with van der Waals surface area (Å²) < 4.78 is 4.80. The van der Waals surface area contributed by atoms with Gasteiger partial charge in [0.15, 0.2) is 0 Å². The second-order valence-corrected chi connectivity index (χ2v) is 2.66. The molecule has 4 heteroatoms. The van der Waals surface area contributed by atoms with Gasteiger partial charge in [0.1, 0.15) is 6.61 Å². The number of esters is 1. The molecule has 0 heterocycles. The summed E-state index contributed by atoms with van der Waals surface area (Å²) in [6.07, 6.45) is 2.07. The van der Waals surface area contributed by atoms with Gasteiger partial charge in [0, 0.05) is 5.57 Å². The molecule has 0 saturated carbocycles. The van der Waals surface area contributed by atoms with Gasteiger partial charge in [-0.25, -0.2) is 9.59 Å². The molecule has 0 aromatic rings. The zero-order chi connectivity index (χ0) is 10.3. The summed E-state index contributed by atoms with van der Waals surface area (Å²) in [5, 5.41) is 0. The maximum atomic E-state index is 10.9. The Kier molecular flexibility index (Phi) is 5.48. The SMILES string of the molecule is C=C(C)C(=O)OCC(CC)N=C=O. The van der Waals surface area contributed by atoms with Crippen molar-refractivity contribution in [3.8, 4) is 0 Å². The van der Waals surface area contributed by atoms with E-state index in [4.69, 9.17) is 4.74 Å². The molecule has 0 amide bonds. The molecule has 72 valence electrons. The van der Waals surface area contributed by atoms with Crippen molar-refractivity contribution in [2.75, 3.05) is 6.61 Å². The Labute approximate surface area is 77.3 Å². The summed E-state index contributed by atoms with van der Waals surface area (Å²) in [7, 11) is 0. The first-order valence-corrected chi connectivity index (χ1v) is 4.01. The van der Waals surface area contributed by atoms with E-state index < -0.39 is 5.97 Å². The average Bonchev–Trinajstić information content (AvgIpc) is 2.11. The fourth-order valence-corrected chi connectivity index (χ4v) is 0.616. The Morgan fingerprint density at radius 3 is 2.69 bits per heavy atom. The minimum Gasteiger partial charge on any atom is -0.460 e. The Bertz CT molecular complexity index is 241. The summed E-state index contributed by atoms with van der Waals surface area (Å²) in [6.45, 7) is 6.94. The van der Waals surface area contributed by atoms with Crippen molar-refractivity contribution in [3.63, 3.8) is 0 Å². The van der Waals surface area contributed by atoms with Crippen LogP contribution in [0.4, 0.5) is 0 Å². The molecule has 0 fully saturated rings. The molecule has 1 unspecified atom stereocenters. The molecule has 0 aliphatic rings. The summed E-state index contributed by atoms with van der Waals surface area (Å²) in [5.74, 6) is -0.459. The normalized spacial score (nSPS) is 11.2. The average molecular weight is 183 g/mol. The van der Waals surface area contributed by atoms with Gasteiger partial charge >= 0.3 is 5.97 Å². The molecule has 0 aromatic heterocycles. The van der Waals surface area contributed by atoms with Crippen LogP contribution in [0.25, 0.3) is 0 Å². The molecule has 0 aromatic carbocycles. The van der Waals surface area contributed by atoms with E-state index in [1.165, 1.54) is 6.08 Å². The lowest BCUT2D eigenvalue weighted by atomic mass is 10.2. The first-order chi connectivity index (χ1) is 6.11. The molecule has 0 saturated heterocycles. The van der Waals surface area contributed by atoms with Gasteiger partial charge < -0.3 is 4.74 Å². The number of carbonyl (C=O) groups is 1. The number of carbonyl (C=O) groups excluding carboxylic acids is 2. The lowest BCUT2D eigenvalue weighted by molar-refractivity contribution is -0.139. The smallest absolute Gasteiger partial charge is 0.333 e. The van der Waals surface area contributed by atoms with Gasteiger partial charge in [0.25, 0.3) is 0 Å². The number of isocyanates is 1. The molecule has 0 radical (unpaired) electrons. The van der Waals surface area contributed by atoms with Crippen LogP contribution < -0.4 is 0 Å². The van der Waals surface area contributed by atoms with E-state index in [0.29, 0.717) is 12.0 Å². The van der Waals surface area contributed by atoms with Gasteiger partial charge in [-0.05, 0) is 13.3 Å². The lowest BCUT2D eigenvalue weighted by Crippen LogP contribution is -2.16. The molecule has 0 aliphatic heterocycles. The summed E-state index contributed by atoms with van der Waals surface area (Å²) in [4.78, 5) is 24.3. The molecule has 4 nitrogen and oxygen atoms in total. The van der Waals surface area contributed by atoms with Crippen molar-refractivity contribution in [1.82, 2.24) is 0 Å². The molecular weight excluding hydrogens is 170 g/mol. The van der Waals surface area contributed by atoms with Crippen molar-refractivity contribution in [2.45, 2.75) is 26.3 Å². The minimum atomic E-state index is -0.459. The zero-order valence-corrected chi connectivity index (χ0v) is 7.87. The van der Waals surface area contributed by atoms with Crippen molar-refractivity contribution in [3.05, 3.63) is 12.2 Å². The van der Waals surface area contributed by atoms with E-state index in [0.717, 1.165) is 0 Å². The zero-order valence-electron chi connectivity index (χ0n) is 7.87. The summed E-state index contributed by atoms with van der Waals surface area (Å²) >= 11 is 0. The summed E-state index contributed by atoms with van der Waals surface area (Å²) in [6, 6.07) is -0.291. The highest BCUT2D eigenvalue weighted by atomic mass is 16.5. The molecule has 0 spiro atoms. The van der Waals surface area contributed by atoms with Gasteiger partial charge in [-0.1, -0.05) is 13.5 Å². The topological polar surface area (TPSA) is 55.7 Å². The first-order valence-electron chi connectivity index (χ1n) is 4.01. The predicted octanol–water partition coefficient (Wildman–Crippen LogP) is 1.22. The van der Waals surface area contributed by atoms with Gasteiger partial charge in [-0.15, -0.1) is 0 Å². The molecule has 0 aliphatic carbocycles. The van der Waals surface area contributed by atoms with Gasteiger partial charge in [0.2, 0.25) is 6.08 Å². The monoisotopic (exact) mass is 183 g/mol. The van der Waals surface area contributed by atoms with Crippen molar-refractivity contribution >= 4 is 12.0 Å². The standard InChI is InChI=1S/C9H13NO3/c1-4-8(10-6-11)5-13-9(12)7(2)3/h8H,2,4-5H2,1,3H3. The number of nitrogens with zero attached hydrogens (tertiary/aromatic N) is 1. The minimum absolute atomic E-state index is 0.109. The number of rotatable bonds is 5. The van der Waals surface area contributed by atoms with Crippen molar-refractivity contribution in [1.29, 1.82) is 0 Å². The van der Waals surface area contributed by atoms with E-state index >= 15 is 0 Å². The molecule has 1 atom stereocenters. The van der Waals surface area contributed by atoms with Crippen LogP contribution in [-0.2, 0) is 14.3 Å². The van der Waals surface area contributed by atoms with E-state index in [1.807, 2.05) is 6.92 Å². The van der Waals surface area contributed by atoms with Crippen molar-refractivity contribution < 1.29 is 14.3 Å². The van der Waals surface area contributed by atoms with Crippen LogP contribution in [0.15, 0.2) is 17.1 Å².